The zero-order valence-corrected chi connectivity index (χ0v) is 9.10. The highest BCUT2D eigenvalue weighted by atomic mass is 16.1. The number of rotatable bonds is 6. The predicted molar refractivity (Wildman–Crippen MR) is 58.6 cm³/mol. The van der Waals surface area contributed by atoms with Crippen LogP contribution in [0.25, 0.3) is 0 Å². The molecule has 0 spiro atoms. The lowest BCUT2D eigenvalue weighted by Crippen LogP contribution is -2.24. The molecular weight excluding hydrogens is 176 g/mol. The largest absolute Gasteiger partial charge is 0.355 e. The molecule has 0 aromatic carbocycles. The van der Waals surface area contributed by atoms with Crippen molar-refractivity contribution in [1.29, 1.82) is 0 Å². The molecule has 0 aromatic heterocycles. The van der Waals surface area contributed by atoms with Gasteiger partial charge in [-0.15, -0.1) is 11.8 Å². The van der Waals surface area contributed by atoms with Crippen LogP contribution >= 0.6 is 0 Å². The highest BCUT2D eigenvalue weighted by Crippen LogP contribution is 1.97. The van der Waals surface area contributed by atoms with Crippen molar-refractivity contribution in [3.05, 3.63) is 0 Å². The predicted octanol–water partition coefficient (Wildman–Crippen LogP) is 1.03. The van der Waals surface area contributed by atoms with E-state index in [4.69, 9.17) is 5.73 Å². The topological polar surface area (TPSA) is 55.1 Å². The summed E-state index contributed by atoms with van der Waals surface area (Å²) in [6, 6.07) is 0.189. The number of nitrogens with one attached hydrogen (secondary N) is 1. The van der Waals surface area contributed by atoms with E-state index in [-0.39, 0.29) is 11.9 Å². The normalized spacial score (nSPS) is 11.4. The van der Waals surface area contributed by atoms with Gasteiger partial charge in [-0.3, -0.25) is 4.79 Å². The van der Waals surface area contributed by atoms with Crippen LogP contribution < -0.4 is 11.1 Å². The number of hydrogen-bond donors (Lipinski definition) is 2. The summed E-state index contributed by atoms with van der Waals surface area (Å²) < 4.78 is 0. The van der Waals surface area contributed by atoms with Crippen molar-refractivity contribution in [2.45, 2.75) is 45.6 Å². The first kappa shape index (κ1) is 13.0. The van der Waals surface area contributed by atoms with Crippen molar-refractivity contribution in [3.63, 3.8) is 0 Å². The molecule has 0 bridgehead atoms. The van der Waals surface area contributed by atoms with Gasteiger partial charge in [-0.1, -0.05) is 0 Å². The maximum Gasteiger partial charge on any atom is 0.220 e. The Morgan fingerprint density at radius 3 is 2.86 bits per heavy atom. The van der Waals surface area contributed by atoms with E-state index in [0.29, 0.717) is 13.0 Å². The van der Waals surface area contributed by atoms with Gasteiger partial charge in [-0.05, 0) is 26.7 Å². The monoisotopic (exact) mass is 196 g/mol. The maximum atomic E-state index is 11.2. The average Bonchev–Trinajstić information content (AvgIpc) is 2.12. The highest BCUT2D eigenvalue weighted by Gasteiger charge is 2.00. The molecule has 0 fully saturated rings. The Labute approximate surface area is 86.4 Å². The number of amides is 1. The lowest BCUT2D eigenvalue weighted by molar-refractivity contribution is -0.121. The molecule has 0 saturated heterocycles. The van der Waals surface area contributed by atoms with Crippen molar-refractivity contribution in [1.82, 2.24) is 5.32 Å². The fourth-order valence-corrected chi connectivity index (χ4v) is 1.06. The molecule has 3 nitrogen and oxygen atoms in total. The Bertz CT molecular complexity index is 213. The summed E-state index contributed by atoms with van der Waals surface area (Å²) in [4.78, 5) is 11.2. The van der Waals surface area contributed by atoms with Crippen molar-refractivity contribution in [3.8, 4) is 11.8 Å². The highest BCUT2D eigenvalue weighted by molar-refractivity contribution is 5.75. The Morgan fingerprint density at radius 2 is 2.29 bits per heavy atom. The molecule has 0 aliphatic heterocycles. The Kier molecular flexibility index (Phi) is 7.96. The van der Waals surface area contributed by atoms with Crippen LogP contribution in [0, 0.1) is 11.8 Å². The van der Waals surface area contributed by atoms with Crippen molar-refractivity contribution in [2.75, 3.05) is 6.54 Å². The summed E-state index contributed by atoms with van der Waals surface area (Å²) in [6.07, 6.45) is 3.07. The molecule has 0 saturated carbocycles. The number of carbonyl (C=O) groups excluding carboxylic acids is 1. The lowest BCUT2D eigenvalue weighted by atomic mass is 10.1. The van der Waals surface area contributed by atoms with Gasteiger partial charge in [0.25, 0.3) is 0 Å². The molecule has 0 aliphatic carbocycles. The number of carbonyl (C=O) groups is 1. The Morgan fingerprint density at radius 1 is 1.57 bits per heavy atom. The maximum absolute atomic E-state index is 11.2. The first-order valence-corrected chi connectivity index (χ1v) is 5.08. The minimum absolute atomic E-state index is 0.101. The molecule has 1 amide bonds. The third-order valence-corrected chi connectivity index (χ3v) is 1.81. The van der Waals surface area contributed by atoms with E-state index >= 15 is 0 Å². The molecule has 1 atom stereocenters. The van der Waals surface area contributed by atoms with Crippen molar-refractivity contribution < 1.29 is 4.79 Å². The van der Waals surface area contributed by atoms with Crippen LogP contribution in [0.1, 0.15) is 39.5 Å². The van der Waals surface area contributed by atoms with E-state index in [1.807, 2.05) is 6.92 Å². The average molecular weight is 196 g/mol. The van der Waals surface area contributed by atoms with E-state index in [1.54, 1.807) is 6.92 Å². The zero-order valence-electron chi connectivity index (χ0n) is 9.10. The number of nitrogens with two attached hydrogens (primary N) is 1. The minimum atomic E-state index is 0.101. The summed E-state index contributed by atoms with van der Waals surface area (Å²) in [5.74, 6) is 5.78. The van der Waals surface area contributed by atoms with Gasteiger partial charge in [0.2, 0.25) is 5.91 Å². The van der Waals surface area contributed by atoms with Gasteiger partial charge in [-0.2, -0.15) is 0 Å². The second-order valence-corrected chi connectivity index (χ2v) is 3.40. The van der Waals surface area contributed by atoms with Crippen LogP contribution in [0.4, 0.5) is 0 Å². The Balaban J connectivity index is 3.31. The molecule has 14 heavy (non-hydrogen) atoms. The second-order valence-electron chi connectivity index (χ2n) is 3.40. The molecule has 0 rings (SSSR count). The number of hydrogen-bond acceptors (Lipinski definition) is 2. The summed E-state index contributed by atoms with van der Waals surface area (Å²) in [7, 11) is 0. The molecule has 0 heterocycles. The van der Waals surface area contributed by atoms with Gasteiger partial charge >= 0.3 is 0 Å². The van der Waals surface area contributed by atoms with E-state index < -0.39 is 0 Å². The van der Waals surface area contributed by atoms with E-state index in [2.05, 4.69) is 17.2 Å². The first-order chi connectivity index (χ1) is 6.66. The summed E-state index contributed by atoms with van der Waals surface area (Å²) >= 11 is 0. The molecule has 80 valence electrons. The minimum Gasteiger partial charge on any atom is -0.355 e. The van der Waals surface area contributed by atoms with Crippen LogP contribution in [0.15, 0.2) is 0 Å². The van der Waals surface area contributed by atoms with Gasteiger partial charge in [-0.25, -0.2) is 0 Å². The molecule has 0 aromatic rings. The van der Waals surface area contributed by atoms with Gasteiger partial charge in [0, 0.05) is 25.4 Å². The summed E-state index contributed by atoms with van der Waals surface area (Å²) in [5.41, 5.74) is 5.57. The standard InChI is InChI=1S/C11H20N2O/c1-3-4-5-9-13-11(14)8-6-7-10(2)12/h10H,5-9,12H2,1-2H3,(H,13,14). The molecule has 3 heteroatoms. The van der Waals surface area contributed by atoms with Crippen LogP contribution in [-0.4, -0.2) is 18.5 Å². The summed E-state index contributed by atoms with van der Waals surface area (Å²) in [5, 5.41) is 2.81. The smallest absolute Gasteiger partial charge is 0.220 e. The second kappa shape index (κ2) is 8.58. The first-order valence-electron chi connectivity index (χ1n) is 5.08. The van der Waals surface area contributed by atoms with Crippen LogP contribution in [-0.2, 0) is 4.79 Å². The third kappa shape index (κ3) is 9.08. The molecule has 0 radical (unpaired) electrons. The molecule has 1 unspecified atom stereocenters. The van der Waals surface area contributed by atoms with Gasteiger partial charge in [0.15, 0.2) is 0 Å². The van der Waals surface area contributed by atoms with Gasteiger partial charge < -0.3 is 11.1 Å². The zero-order chi connectivity index (χ0) is 10.8. The van der Waals surface area contributed by atoms with Crippen LogP contribution in [0.2, 0.25) is 0 Å². The fraction of sp³-hybridized carbons (Fsp3) is 0.727. The molecule has 0 aliphatic rings. The van der Waals surface area contributed by atoms with E-state index in [9.17, 15) is 4.79 Å². The SMILES string of the molecule is CC#CCCNC(=O)CCCC(C)N. The van der Waals surface area contributed by atoms with Gasteiger partial charge in [0.1, 0.15) is 0 Å². The molecule has 3 N–H and O–H groups in total. The van der Waals surface area contributed by atoms with Crippen LogP contribution in [0.5, 0.6) is 0 Å². The fourth-order valence-electron chi connectivity index (χ4n) is 1.06. The third-order valence-electron chi connectivity index (χ3n) is 1.81. The van der Waals surface area contributed by atoms with Crippen molar-refractivity contribution >= 4 is 5.91 Å². The van der Waals surface area contributed by atoms with E-state index in [0.717, 1.165) is 19.3 Å². The Hall–Kier alpha value is -1.01. The quantitative estimate of drug-likeness (QED) is 0.492. The van der Waals surface area contributed by atoms with Gasteiger partial charge in [0.05, 0.1) is 0 Å². The molecular formula is C11H20N2O. The summed E-state index contributed by atoms with van der Waals surface area (Å²) in [6.45, 7) is 4.40. The van der Waals surface area contributed by atoms with Crippen molar-refractivity contribution in [2.24, 2.45) is 5.73 Å². The van der Waals surface area contributed by atoms with E-state index in [1.165, 1.54) is 0 Å². The van der Waals surface area contributed by atoms with Crippen LogP contribution in [0.3, 0.4) is 0 Å². The lowest BCUT2D eigenvalue weighted by Gasteiger charge is -2.04.